The topological polar surface area (TPSA) is 9.23 Å². The van der Waals surface area contributed by atoms with Crippen LogP contribution in [-0.4, -0.2) is 13.0 Å². The minimum Gasteiger partial charge on any atom is -0.429 e. The molecule has 0 aromatic rings. The molecule has 0 aliphatic carbocycles. The monoisotopic (exact) mass is 262 g/mol. The van der Waals surface area contributed by atoms with Gasteiger partial charge >= 0.3 is 0 Å². The summed E-state index contributed by atoms with van der Waals surface area (Å²) in [4.78, 5) is 0. The van der Waals surface area contributed by atoms with Crippen molar-refractivity contribution in [1.29, 1.82) is 0 Å². The minimum atomic E-state index is 0.254. The maximum atomic E-state index is 6.50. The first-order valence-electron chi connectivity index (χ1n) is 8.21. The summed E-state index contributed by atoms with van der Waals surface area (Å²) in [5, 5.41) is 0. The van der Waals surface area contributed by atoms with Crippen molar-refractivity contribution >= 4 is 6.92 Å². The molecule has 0 aromatic carbocycles. The number of hydrogen-bond donors (Lipinski definition) is 0. The Balaban J connectivity index is 1.98. The smallest absolute Gasteiger partial charge is 0.300 e. The van der Waals surface area contributed by atoms with Crippen molar-refractivity contribution in [3.8, 4) is 0 Å². The lowest BCUT2D eigenvalue weighted by molar-refractivity contribution is 0.220. The molecular formula is C17H31BO. The highest BCUT2D eigenvalue weighted by Crippen LogP contribution is 2.47. The molecule has 2 aliphatic rings. The molecule has 2 heteroatoms. The molecule has 2 fully saturated rings. The molecule has 0 amide bonds. The Morgan fingerprint density at radius 3 is 2.00 bits per heavy atom. The first-order valence-corrected chi connectivity index (χ1v) is 8.21. The molecule has 0 radical (unpaired) electrons. The van der Waals surface area contributed by atoms with Crippen molar-refractivity contribution < 1.29 is 4.65 Å². The molecule has 2 aliphatic heterocycles. The summed E-state index contributed by atoms with van der Waals surface area (Å²) in [5.41, 5.74) is 1.65. The van der Waals surface area contributed by atoms with E-state index in [1.807, 2.05) is 0 Å². The van der Waals surface area contributed by atoms with E-state index in [1.54, 1.807) is 0 Å². The maximum Gasteiger partial charge on any atom is 0.300 e. The van der Waals surface area contributed by atoms with Crippen LogP contribution in [0.2, 0.25) is 11.6 Å². The Bertz CT molecular complexity index is 307. The van der Waals surface area contributed by atoms with Crippen molar-refractivity contribution in [2.75, 3.05) is 0 Å². The third-order valence-corrected chi connectivity index (χ3v) is 4.89. The highest BCUT2D eigenvalue weighted by molar-refractivity contribution is 6.56. The van der Waals surface area contributed by atoms with Crippen LogP contribution in [0.1, 0.15) is 73.1 Å². The predicted molar refractivity (Wildman–Crippen MR) is 84.7 cm³/mol. The quantitative estimate of drug-likeness (QED) is 0.483. The van der Waals surface area contributed by atoms with Gasteiger partial charge in [-0.1, -0.05) is 70.9 Å². The molecule has 1 nitrogen and oxygen atoms in total. The summed E-state index contributed by atoms with van der Waals surface area (Å²) in [6, 6.07) is 0. The van der Waals surface area contributed by atoms with Gasteiger partial charge in [-0.2, -0.15) is 0 Å². The van der Waals surface area contributed by atoms with Crippen LogP contribution in [0.15, 0.2) is 11.6 Å². The third-order valence-electron chi connectivity index (χ3n) is 4.89. The van der Waals surface area contributed by atoms with Crippen molar-refractivity contribution in [3.63, 3.8) is 0 Å². The summed E-state index contributed by atoms with van der Waals surface area (Å²) in [5.74, 6) is 1.69. The number of fused-ring (bicyclic) bond motifs is 2. The maximum absolute atomic E-state index is 6.50. The predicted octanol–water partition coefficient (Wildman–Crippen LogP) is 5.48. The molecule has 2 bridgehead atoms. The molecular weight excluding hydrogens is 231 g/mol. The molecule has 1 unspecified atom stereocenters. The average molecular weight is 262 g/mol. The number of hydrogen-bond acceptors (Lipinski definition) is 1. The standard InChI is InChI=1S/C17H31BO/c1-13(12-17(3,4)5)14(2)19-18-15-8-6-9-16(18)11-7-10-15/h12,14-16H,6-11H2,1-5H3/b13-12+. The van der Waals surface area contributed by atoms with Gasteiger partial charge in [0.1, 0.15) is 0 Å². The fourth-order valence-corrected chi connectivity index (χ4v) is 3.98. The molecule has 1 atom stereocenters. The van der Waals surface area contributed by atoms with Crippen molar-refractivity contribution in [2.45, 2.75) is 90.9 Å². The van der Waals surface area contributed by atoms with E-state index in [4.69, 9.17) is 4.65 Å². The Morgan fingerprint density at radius 1 is 1.11 bits per heavy atom. The minimum absolute atomic E-state index is 0.254. The van der Waals surface area contributed by atoms with Gasteiger partial charge in [-0.15, -0.1) is 0 Å². The van der Waals surface area contributed by atoms with Crippen LogP contribution in [0.25, 0.3) is 0 Å². The molecule has 0 N–H and O–H groups in total. The largest absolute Gasteiger partial charge is 0.429 e. The molecule has 0 saturated carbocycles. The first-order chi connectivity index (χ1) is 8.87. The van der Waals surface area contributed by atoms with Gasteiger partial charge in [-0.3, -0.25) is 0 Å². The molecule has 2 heterocycles. The zero-order valence-electron chi connectivity index (χ0n) is 13.5. The van der Waals surface area contributed by atoms with E-state index < -0.39 is 0 Å². The lowest BCUT2D eigenvalue weighted by Crippen LogP contribution is -2.39. The second-order valence-electron chi connectivity index (χ2n) is 7.88. The Morgan fingerprint density at radius 2 is 1.58 bits per heavy atom. The van der Waals surface area contributed by atoms with Crippen LogP contribution in [0, 0.1) is 5.41 Å². The van der Waals surface area contributed by atoms with Gasteiger partial charge in [0.15, 0.2) is 0 Å². The summed E-state index contributed by atoms with van der Waals surface area (Å²) in [6.45, 7) is 11.8. The van der Waals surface area contributed by atoms with Gasteiger partial charge < -0.3 is 4.65 Å². The van der Waals surface area contributed by atoms with Gasteiger partial charge in [0.2, 0.25) is 0 Å². The molecule has 2 rings (SSSR count). The fraction of sp³-hybridized carbons (Fsp3) is 0.882. The second kappa shape index (κ2) is 6.03. The Kier molecular flexibility index (Phi) is 4.81. The van der Waals surface area contributed by atoms with Crippen molar-refractivity contribution in [2.24, 2.45) is 5.41 Å². The SMILES string of the molecule is C/C(=C\C(C)(C)C)C(C)OB1C2CCCC1CCC2. The molecule has 2 saturated heterocycles. The van der Waals surface area contributed by atoms with E-state index in [9.17, 15) is 0 Å². The van der Waals surface area contributed by atoms with E-state index in [-0.39, 0.29) is 11.5 Å². The molecule has 0 aromatic heterocycles. The highest BCUT2D eigenvalue weighted by atomic mass is 16.4. The van der Waals surface area contributed by atoms with Crippen LogP contribution >= 0.6 is 0 Å². The van der Waals surface area contributed by atoms with E-state index >= 15 is 0 Å². The van der Waals surface area contributed by atoms with Crippen LogP contribution in [0.5, 0.6) is 0 Å². The molecule has 108 valence electrons. The lowest BCUT2D eigenvalue weighted by atomic mass is 9.38. The van der Waals surface area contributed by atoms with Crippen LogP contribution in [-0.2, 0) is 4.65 Å². The number of rotatable bonds is 3. The lowest BCUT2D eigenvalue weighted by Gasteiger charge is -2.41. The van der Waals surface area contributed by atoms with E-state index in [0.29, 0.717) is 6.92 Å². The Labute approximate surface area is 120 Å². The zero-order chi connectivity index (χ0) is 14.0. The summed E-state index contributed by atoms with van der Waals surface area (Å²) >= 11 is 0. The normalized spacial score (nSPS) is 30.4. The second-order valence-corrected chi connectivity index (χ2v) is 7.88. The summed E-state index contributed by atoms with van der Waals surface area (Å²) < 4.78 is 6.50. The van der Waals surface area contributed by atoms with Crippen LogP contribution < -0.4 is 0 Å². The zero-order valence-corrected chi connectivity index (χ0v) is 13.5. The van der Waals surface area contributed by atoms with Gasteiger partial charge in [-0.25, -0.2) is 0 Å². The average Bonchev–Trinajstić information content (AvgIpc) is 2.26. The van der Waals surface area contributed by atoms with E-state index in [1.165, 1.54) is 44.1 Å². The van der Waals surface area contributed by atoms with Crippen molar-refractivity contribution in [3.05, 3.63) is 11.6 Å². The van der Waals surface area contributed by atoms with Gasteiger partial charge in [0, 0.05) is 0 Å². The Hall–Kier alpha value is -0.235. The third kappa shape index (κ3) is 4.11. The molecule has 19 heavy (non-hydrogen) atoms. The van der Waals surface area contributed by atoms with E-state index in [0.717, 1.165) is 11.6 Å². The first kappa shape index (κ1) is 15.2. The van der Waals surface area contributed by atoms with Gasteiger partial charge in [0.05, 0.1) is 6.10 Å². The molecule has 0 spiro atoms. The van der Waals surface area contributed by atoms with Crippen LogP contribution in [0.3, 0.4) is 0 Å². The van der Waals surface area contributed by atoms with Gasteiger partial charge in [-0.05, 0) is 30.9 Å². The highest BCUT2D eigenvalue weighted by Gasteiger charge is 2.41. The fourth-order valence-electron chi connectivity index (χ4n) is 3.98. The van der Waals surface area contributed by atoms with Gasteiger partial charge in [0.25, 0.3) is 6.92 Å². The summed E-state index contributed by atoms with van der Waals surface area (Å²) in [6.07, 6.45) is 11.1. The van der Waals surface area contributed by atoms with E-state index in [2.05, 4.69) is 40.7 Å². The van der Waals surface area contributed by atoms with Crippen molar-refractivity contribution in [1.82, 2.24) is 0 Å². The van der Waals surface area contributed by atoms with Crippen LogP contribution in [0.4, 0.5) is 0 Å². The number of allylic oxidation sites excluding steroid dienone is 1. The summed E-state index contributed by atoms with van der Waals surface area (Å²) in [7, 11) is 0.